The fourth-order valence-corrected chi connectivity index (χ4v) is 4.55. The second-order valence-corrected chi connectivity index (χ2v) is 10.7. The molecule has 9 heteroatoms. The lowest BCUT2D eigenvalue weighted by Gasteiger charge is -2.22. The third kappa shape index (κ3) is 27.6. The van der Waals surface area contributed by atoms with Crippen LogP contribution in [0, 0.1) is 0 Å². The fraction of sp³-hybridized carbons (Fsp3) is 0.900. The third-order valence-corrected chi connectivity index (χ3v) is 7.00. The van der Waals surface area contributed by atoms with Crippen LogP contribution >= 0.6 is 0 Å². The summed E-state index contributed by atoms with van der Waals surface area (Å²) < 4.78 is 0. The predicted octanol–water partition coefficient (Wildman–Crippen LogP) is 3.60. The Hall–Kier alpha value is -1.71. The van der Waals surface area contributed by atoms with E-state index in [0.29, 0.717) is 71.6 Å². The van der Waals surface area contributed by atoms with Gasteiger partial charge in [0.1, 0.15) is 0 Å². The highest BCUT2D eigenvalue weighted by Crippen LogP contribution is 2.13. The van der Waals surface area contributed by atoms with Crippen molar-refractivity contribution in [3.63, 3.8) is 0 Å². The first kappa shape index (κ1) is 37.3. The van der Waals surface area contributed by atoms with Crippen molar-refractivity contribution in [1.82, 2.24) is 20.9 Å². The van der Waals surface area contributed by atoms with Gasteiger partial charge in [-0.1, -0.05) is 96.8 Å². The van der Waals surface area contributed by atoms with E-state index in [9.17, 15) is 14.4 Å². The lowest BCUT2D eigenvalue weighted by molar-refractivity contribution is -0.123. The Morgan fingerprint density at radius 3 is 1.26 bits per heavy atom. The van der Waals surface area contributed by atoms with Gasteiger partial charge >= 0.3 is 0 Å². The van der Waals surface area contributed by atoms with Gasteiger partial charge in [0, 0.05) is 71.6 Å². The molecule has 0 spiro atoms. The average molecular weight is 555 g/mol. The molecule has 39 heavy (non-hydrogen) atoms. The van der Waals surface area contributed by atoms with Gasteiger partial charge in [-0.15, -0.1) is 0 Å². The molecule has 0 rings (SSSR count). The van der Waals surface area contributed by atoms with E-state index in [1.165, 1.54) is 83.5 Å². The summed E-state index contributed by atoms with van der Waals surface area (Å²) in [7, 11) is 0. The monoisotopic (exact) mass is 554 g/mol. The van der Waals surface area contributed by atoms with Crippen LogP contribution in [0.4, 0.5) is 0 Å². The van der Waals surface area contributed by atoms with E-state index in [1.807, 2.05) is 4.90 Å². The van der Waals surface area contributed by atoms with Crippen LogP contribution < -0.4 is 27.4 Å². The zero-order chi connectivity index (χ0) is 28.8. The van der Waals surface area contributed by atoms with Crippen LogP contribution in [0.5, 0.6) is 0 Å². The largest absolute Gasteiger partial charge is 0.355 e. The van der Waals surface area contributed by atoms with Gasteiger partial charge in [-0.3, -0.25) is 14.4 Å². The number of carbonyl (C=O) groups excluding carboxylic acids is 3. The average Bonchev–Trinajstić information content (AvgIpc) is 2.93. The quantitative estimate of drug-likeness (QED) is 0.0894. The minimum absolute atomic E-state index is 0.0600. The van der Waals surface area contributed by atoms with Gasteiger partial charge in [0.25, 0.3) is 0 Å². The molecule has 0 aromatic heterocycles. The van der Waals surface area contributed by atoms with E-state index < -0.39 is 0 Å². The molecule has 7 N–H and O–H groups in total. The smallest absolute Gasteiger partial charge is 0.221 e. The number of rotatable bonds is 29. The first-order chi connectivity index (χ1) is 19.0. The molecule has 0 aliphatic carbocycles. The molecule has 0 atom stereocenters. The molecule has 0 bridgehead atoms. The highest BCUT2D eigenvalue weighted by molar-refractivity contribution is 5.77. The van der Waals surface area contributed by atoms with Gasteiger partial charge in [-0.25, -0.2) is 0 Å². The summed E-state index contributed by atoms with van der Waals surface area (Å²) in [6, 6.07) is 0. The molecule has 0 saturated heterocycles. The van der Waals surface area contributed by atoms with Crippen LogP contribution in [0.25, 0.3) is 0 Å². The molecule has 0 radical (unpaired) electrons. The van der Waals surface area contributed by atoms with E-state index in [-0.39, 0.29) is 17.7 Å². The Morgan fingerprint density at radius 2 is 0.846 bits per heavy atom. The van der Waals surface area contributed by atoms with Crippen LogP contribution in [0.15, 0.2) is 0 Å². The number of hydrogen-bond donors (Lipinski definition) is 5. The van der Waals surface area contributed by atoms with E-state index >= 15 is 0 Å². The predicted molar refractivity (Wildman–Crippen MR) is 162 cm³/mol. The van der Waals surface area contributed by atoms with Crippen molar-refractivity contribution >= 4 is 17.7 Å². The lowest BCUT2D eigenvalue weighted by atomic mass is 10.0. The molecule has 0 fully saturated rings. The molecular formula is C30H62N6O3. The van der Waals surface area contributed by atoms with Gasteiger partial charge in [-0.05, 0) is 6.42 Å². The molecular weight excluding hydrogens is 492 g/mol. The van der Waals surface area contributed by atoms with E-state index in [1.54, 1.807) is 0 Å². The zero-order valence-electron chi connectivity index (χ0n) is 25.2. The molecule has 0 aromatic carbocycles. The maximum atomic E-state index is 12.2. The van der Waals surface area contributed by atoms with Crippen molar-refractivity contribution in [2.75, 3.05) is 52.4 Å². The summed E-state index contributed by atoms with van der Waals surface area (Å²) in [5.41, 5.74) is 10.9. The molecule has 0 unspecified atom stereocenters. The van der Waals surface area contributed by atoms with Crippen LogP contribution in [-0.2, 0) is 14.4 Å². The SMILES string of the molecule is CCCCCCCCCCCCCCCCCC(=O)NCCN(CCC(=O)NCCN)CCC(=O)NCCN. The van der Waals surface area contributed by atoms with Crippen molar-refractivity contribution in [2.24, 2.45) is 11.5 Å². The number of nitrogens with zero attached hydrogens (tertiary/aromatic N) is 1. The van der Waals surface area contributed by atoms with E-state index in [2.05, 4.69) is 22.9 Å². The molecule has 0 aliphatic rings. The van der Waals surface area contributed by atoms with Gasteiger partial charge in [0.2, 0.25) is 17.7 Å². The molecule has 0 heterocycles. The third-order valence-electron chi connectivity index (χ3n) is 7.00. The number of unbranched alkanes of at least 4 members (excludes halogenated alkanes) is 14. The number of carbonyl (C=O) groups is 3. The van der Waals surface area contributed by atoms with Gasteiger partial charge in [-0.2, -0.15) is 0 Å². The first-order valence-corrected chi connectivity index (χ1v) is 16.0. The molecule has 3 amide bonds. The van der Waals surface area contributed by atoms with Crippen LogP contribution in [0.2, 0.25) is 0 Å². The fourth-order valence-electron chi connectivity index (χ4n) is 4.55. The van der Waals surface area contributed by atoms with Gasteiger partial charge in [0.15, 0.2) is 0 Å². The molecule has 0 saturated carbocycles. The van der Waals surface area contributed by atoms with Crippen molar-refractivity contribution in [3.05, 3.63) is 0 Å². The Morgan fingerprint density at radius 1 is 0.487 bits per heavy atom. The van der Waals surface area contributed by atoms with E-state index in [4.69, 9.17) is 11.5 Å². The summed E-state index contributed by atoms with van der Waals surface area (Å²) >= 11 is 0. The molecule has 9 nitrogen and oxygen atoms in total. The van der Waals surface area contributed by atoms with Crippen molar-refractivity contribution in [1.29, 1.82) is 0 Å². The number of nitrogens with two attached hydrogens (primary N) is 2. The standard InChI is InChI=1S/C30H62N6O3/c1-2-3-4-5-6-7-8-9-10-11-12-13-14-15-16-17-28(37)35-24-27-36(25-18-29(38)33-22-20-31)26-19-30(39)34-23-21-32/h2-27,31-32H2,1H3,(H,33,38)(H,34,39)(H,35,37). The first-order valence-electron chi connectivity index (χ1n) is 16.0. The van der Waals surface area contributed by atoms with Crippen molar-refractivity contribution in [3.8, 4) is 0 Å². The zero-order valence-corrected chi connectivity index (χ0v) is 25.2. The Labute approximate surface area is 239 Å². The van der Waals surface area contributed by atoms with Gasteiger partial charge in [0.05, 0.1) is 0 Å². The maximum Gasteiger partial charge on any atom is 0.221 e. The Bertz CT molecular complexity index is 567. The second kappa shape index (κ2) is 29.3. The van der Waals surface area contributed by atoms with Crippen LogP contribution in [-0.4, -0.2) is 75.0 Å². The number of nitrogens with one attached hydrogen (secondary N) is 3. The molecule has 0 aliphatic heterocycles. The minimum atomic E-state index is -0.0600. The second-order valence-electron chi connectivity index (χ2n) is 10.7. The summed E-state index contributed by atoms with van der Waals surface area (Å²) in [6.45, 7) is 6.14. The summed E-state index contributed by atoms with van der Waals surface area (Å²) in [4.78, 5) is 38.1. The number of hydrogen-bond acceptors (Lipinski definition) is 6. The van der Waals surface area contributed by atoms with Crippen molar-refractivity contribution in [2.45, 2.75) is 122 Å². The summed E-state index contributed by atoms with van der Waals surface area (Å²) in [5.74, 6) is -0.0449. The van der Waals surface area contributed by atoms with Crippen LogP contribution in [0.3, 0.4) is 0 Å². The topological polar surface area (TPSA) is 143 Å². The number of amides is 3. The summed E-state index contributed by atoms with van der Waals surface area (Å²) in [6.07, 6.45) is 20.9. The van der Waals surface area contributed by atoms with Crippen LogP contribution in [0.1, 0.15) is 122 Å². The van der Waals surface area contributed by atoms with Gasteiger partial charge < -0.3 is 32.3 Å². The highest BCUT2D eigenvalue weighted by Gasteiger charge is 2.11. The Balaban J connectivity index is 3.86. The molecule has 230 valence electrons. The normalized spacial score (nSPS) is 11.1. The highest BCUT2D eigenvalue weighted by atomic mass is 16.2. The molecule has 0 aromatic rings. The minimum Gasteiger partial charge on any atom is -0.355 e. The Kier molecular flexibility index (Phi) is 28.0. The lowest BCUT2D eigenvalue weighted by Crippen LogP contribution is -2.40. The summed E-state index contributed by atoms with van der Waals surface area (Å²) in [5, 5.41) is 8.52. The van der Waals surface area contributed by atoms with E-state index in [0.717, 1.165) is 12.8 Å². The maximum absolute atomic E-state index is 12.2. The van der Waals surface area contributed by atoms with Crippen molar-refractivity contribution < 1.29 is 14.4 Å².